The van der Waals surface area contributed by atoms with Gasteiger partial charge in [-0.15, -0.1) is 10.2 Å². The number of hydrogen-bond acceptors (Lipinski definition) is 5. The van der Waals surface area contributed by atoms with Crippen molar-refractivity contribution in [1.29, 1.82) is 0 Å². The van der Waals surface area contributed by atoms with Gasteiger partial charge in [0.05, 0.1) is 5.56 Å². The Balaban J connectivity index is 2.18. The Morgan fingerprint density at radius 1 is 1.35 bits per heavy atom. The van der Waals surface area contributed by atoms with Crippen molar-refractivity contribution in [1.82, 2.24) is 14.8 Å². The number of nitrogens with one attached hydrogen (secondary N) is 1. The van der Waals surface area contributed by atoms with Crippen LogP contribution in [0.25, 0.3) is 10.6 Å². The summed E-state index contributed by atoms with van der Waals surface area (Å²) in [6, 6.07) is 2.03. The monoisotopic (exact) mass is 290 g/mol. The molecule has 106 valence electrons. The number of anilines is 1. The van der Waals surface area contributed by atoms with Crippen LogP contribution in [-0.4, -0.2) is 21.8 Å². The van der Waals surface area contributed by atoms with Crippen LogP contribution >= 0.6 is 11.3 Å². The van der Waals surface area contributed by atoms with Gasteiger partial charge in [0, 0.05) is 19.3 Å². The van der Waals surface area contributed by atoms with Crippen LogP contribution in [0.1, 0.15) is 31.0 Å². The SMILES string of the molecule is CCn1c2c(cc(-c3nnc(NC)s3)c1=O)CCCC2. The Hall–Kier alpha value is -1.69. The van der Waals surface area contributed by atoms with E-state index in [2.05, 4.69) is 15.5 Å². The molecule has 2 aromatic heterocycles. The number of rotatable bonds is 3. The summed E-state index contributed by atoms with van der Waals surface area (Å²) in [5.74, 6) is 0. The molecule has 5 nitrogen and oxygen atoms in total. The first kappa shape index (κ1) is 13.3. The van der Waals surface area contributed by atoms with Gasteiger partial charge in [-0.1, -0.05) is 11.3 Å². The summed E-state index contributed by atoms with van der Waals surface area (Å²) in [5, 5.41) is 12.6. The van der Waals surface area contributed by atoms with E-state index in [4.69, 9.17) is 0 Å². The Kier molecular flexibility index (Phi) is 3.56. The second-order valence-corrected chi connectivity index (χ2v) is 5.93. The van der Waals surface area contributed by atoms with Gasteiger partial charge in [-0.3, -0.25) is 4.79 Å². The molecule has 2 aromatic rings. The average molecular weight is 290 g/mol. The van der Waals surface area contributed by atoms with Crippen molar-refractivity contribution in [2.24, 2.45) is 0 Å². The highest BCUT2D eigenvalue weighted by atomic mass is 32.1. The first-order valence-electron chi connectivity index (χ1n) is 7.01. The van der Waals surface area contributed by atoms with Gasteiger partial charge < -0.3 is 9.88 Å². The van der Waals surface area contributed by atoms with Gasteiger partial charge in [-0.05, 0) is 44.2 Å². The summed E-state index contributed by atoms with van der Waals surface area (Å²) in [4.78, 5) is 12.7. The van der Waals surface area contributed by atoms with Gasteiger partial charge in [0.15, 0.2) is 5.01 Å². The van der Waals surface area contributed by atoms with Crippen molar-refractivity contribution in [3.63, 3.8) is 0 Å². The first-order valence-corrected chi connectivity index (χ1v) is 7.83. The molecule has 0 radical (unpaired) electrons. The number of hydrogen-bond donors (Lipinski definition) is 1. The third-order valence-corrected chi connectivity index (χ3v) is 4.76. The maximum absolute atomic E-state index is 12.7. The van der Waals surface area contributed by atoms with Gasteiger partial charge in [0.1, 0.15) is 0 Å². The molecule has 2 heterocycles. The van der Waals surface area contributed by atoms with Crippen molar-refractivity contribution >= 4 is 16.5 Å². The normalized spacial score (nSPS) is 14.1. The summed E-state index contributed by atoms with van der Waals surface area (Å²) in [6.07, 6.45) is 4.44. The van der Waals surface area contributed by atoms with E-state index in [-0.39, 0.29) is 5.56 Å². The van der Waals surface area contributed by atoms with Crippen molar-refractivity contribution in [2.75, 3.05) is 12.4 Å². The van der Waals surface area contributed by atoms with Crippen LogP contribution in [0.3, 0.4) is 0 Å². The molecular weight excluding hydrogens is 272 g/mol. The molecule has 0 aliphatic heterocycles. The Labute approximate surface area is 121 Å². The maximum Gasteiger partial charge on any atom is 0.261 e. The molecule has 0 fully saturated rings. The van der Waals surface area contributed by atoms with Crippen LogP contribution in [-0.2, 0) is 19.4 Å². The molecular formula is C14H18N4OS. The largest absolute Gasteiger partial charge is 0.363 e. The molecule has 1 N–H and O–H groups in total. The number of nitrogens with zero attached hydrogens (tertiary/aromatic N) is 3. The van der Waals surface area contributed by atoms with Crippen LogP contribution in [0.5, 0.6) is 0 Å². The molecule has 0 saturated heterocycles. The van der Waals surface area contributed by atoms with E-state index in [0.717, 1.165) is 18.0 Å². The highest BCUT2D eigenvalue weighted by molar-refractivity contribution is 7.18. The van der Waals surface area contributed by atoms with Crippen LogP contribution in [0.4, 0.5) is 5.13 Å². The summed E-state index contributed by atoms with van der Waals surface area (Å²) >= 11 is 1.42. The smallest absolute Gasteiger partial charge is 0.261 e. The van der Waals surface area contributed by atoms with E-state index in [1.807, 2.05) is 24.6 Å². The maximum atomic E-state index is 12.7. The molecule has 0 amide bonds. The average Bonchev–Trinajstić information content (AvgIpc) is 2.95. The molecule has 3 rings (SSSR count). The number of fused-ring (bicyclic) bond motifs is 1. The molecule has 0 aromatic carbocycles. The fourth-order valence-corrected chi connectivity index (χ4v) is 3.51. The molecule has 1 aliphatic rings. The van der Waals surface area contributed by atoms with Gasteiger partial charge >= 0.3 is 0 Å². The fourth-order valence-electron chi connectivity index (χ4n) is 2.80. The lowest BCUT2D eigenvalue weighted by atomic mass is 9.94. The zero-order chi connectivity index (χ0) is 14.1. The molecule has 6 heteroatoms. The number of aryl methyl sites for hydroxylation is 1. The molecule has 1 aliphatic carbocycles. The Bertz CT molecular complexity index is 689. The highest BCUT2D eigenvalue weighted by Crippen LogP contribution is 2.28. The van der Waals surface area contributed by atoms with Gasteiger partial charge in [0.25, 0.3) is 5.56 Å². The lowest BCUT2D eigenvalue weighted by molar-refractivity contribution is 0.592. The van der Waals surface area contributed by atoms with Crippen molar-refractivity contribution in [2.45, 2.75) is 39.2 Å². The van der Waals surface area contributed by atoms with Crippen LogP contribution < -0.4 is 10.9 Å². The van der Waals surface area contributed by atoms with E-state index in [9.17, 15) is 4.79 Å². The lowest BCUT2D eigenvalue weighted by Gasteiger charge is -2.21. The predicted octanol–water partition coefficient (Wildman–Crippen LogP) is 2.31. The predicted molar refractivity (Wildman–Crippen MR) is 81.5 cm³/mol. The third-order valence-electron chi connectivity index (χ3n) is 3.79. The van der Waals surface area contributed by atoms with E-state index in [0.29, 0.717) is 17.1 Å². The van der Waals surface area contributed by atoms with Crippen LogP contribution in [0.2, 0.25) is 0 Å². The minimum atomic E-state index is 0.0620. The minimum absolute atomic E-state index is 0.0620. The first-order chi connectivity index (χ1) is 9.74. The van der Waals surface area contributed by atoms with E-state index in [1.165, 1.54) is 35.4 Å². The number of aromatic nitrogens is 3. The molecule has 0 spiro atoms. The fraction of sp³-hybridized carbons (Fsp3) is 0.500. The van der Waals surface area contributed by atoms with Crippen LogP contribution in [0.15, 0.2) is 10.9 Å². The third kappa shape index (κ3) is 2.14. The molecule has 0 atom stereocenters. The van der Waals surface area contributed by atoms with Gasteiger partial charge in [-0.25, -0.2) is 0 Å². The van der Waals surface area contributed by atoms with E-state index >= 15 is 0 Å². The molecule has 0 unspecified atom stereocenters. The summed E-state index contributed by atoms with van der Waals surface area (Å²) < 4.78 is 1.91. The van der Waals surface area contributed by atoms with Gasteiger partial charge in [-0.2, -0.15) is 0 Å². The quantitative estimate of drug-likeness (QED) is 0.942. The van der Waals surface area contributed by atoms with Crippen molar-refractivity contribution < 1.29 is 0 Å². The van der Waals surface area contributed by atoms with E-state index < -0.39 is 0 Å². The summed E-state index contributed by atoms with van der Waals surface area (Å²) in [5.41, 5.74) is 3.26. The standard InChI is InChI=1S/C14H18N4OS/c1-3-18-11-7-5-4-6-9(11)8-10(13(18)19)12-16-17-14(15-2)20-12/h8H,3-7H2,1-2H3,(H,15,17). The zero-order valence-electron chi connectivity index (χ0n) is 11.8. The van der Waals surface area contributed by atoms with E-state index in [1.54, 1.807) is 0 Å². The second-order valence-electron chi connectivity index (χ2n) is 4.95. The summed E-state index contributed by atoms with van der Waals surface area (Å²) in [6.45, 7) is 2.74. The molecule has 20 heavy (non-hydrogen) atoms. The lowest BCUT2D eigenvalue weighted by Crippen LogP contribution is -2.27. The summed E-state index contributed by atoms with van der Waals surface area (Å²) in [7, 11) is 1.81. The topological polar surface area (TPSA) is 59.8 Å². The van der Waals surface area contributed by atoms with Crippen molar-refractivity contribution in [3.8, 4) is 10.6 Å². The molecule has 0 saturated carbocycles. The minimum Gasteiger partial charge on any atom is -0.363 e. The highest BCUT2D eigenvalue weighted by Gasteiger charge is 2.19. The van der Waals surface area contributed by atoms with Crippen LogP contribution in [0, 0.1) is 0 Å². The van der Waals surface area contributed by atoms with Gasteiger partial charge in [0.2, 0.25) is 5.13 Å². The molecule has 0 bridgehead atoms. The second kappa shape index (κ2) is 5.36. The number of pyridine rings is 1. The Morgan fingerprint density at radius 3 is 2.85 bits per heavy atom. The van der Waals surface area contributed by atoms with Crippen molar-refractivity contribution in [3.05, 3.63) is 27.7 Å². The Morgan fingerprint density at radius 2 is 2.15 bits per heavy atom. The zero-order valence-corrected chi connectivity index (χ0v) is 12.6.